The zero-order valence-corrected chi connectivity index (χ0v) is 16.8. The second-order valence-electron chi connectivity index (χ2n) is 7.53. The maximum atomic E-state index is 13.0. The van der Waals surface area contributed by atoms with Crippen LogP contribution in [0.2, 0.25) is 5.02 Å². The van der Waals surface area contributed by atoms with E-state index in [0.29, 0.717) is 36.8 Å². The molecule has 1 amide bonds. The Kier molecular flexibility index (Phi) is 5.55. The van der Waals surface area contributed by atoms with Crippen molar-refractivity contribution in [3.05, 3.63) is 51.2 Å². The Morgan fingerprint density at radius 1 is 1.29 bits per heavy atom. The summed E-state index contributed by atoms with van der Waals surface area (Å²) in [5, 5.41) is 5.11. The van der Waals surface area contributed by atoms with E-state index in [9.17, 15) is 9.59 Å². The Bertz CT molecular complexity index is 918. The zero-order chi connectivity index (χ0) is 19.7. The Labute approximate surface area is 168 Å². The zero-order valence-electron chi connectivity index (χ0n) is 16.0. The van der Waals surface area contributed by atoms with Gasteiger partial charge in [0, 0.05) is 32.2 Å². The number of carbonyl (C=O) groups is 1. The van der Waals surface area contributed by atoms with E-state index in [-0.39, 0.29) is 23.6 Å². The molecule has 2 heterocycles. The number of likely N-dealkylation sites (tertiary alicyclic amines) is 1. The van der Waals surface area contributed by atoms with E-state index in [0.717, 1.165) is 31.5 Å². The van der Waals surface area contributed by atoms with Crippen LogP contribution in [0.3, 0.4) is 0 Å². The van der Waals surface area contributed by atoms with Gasteiger partial charge in [0.25, 0.3) is 5.91 Å². The lowest BCUT2D eigenvalue weighted by atomic mass is 9.96. The molecular weight excluding hydrogens is 380 g/mol. The van der Waals surface area contributed by atoms with Crippen molar-refractivity contribution in [1.29, 1.82) is 0 Å². The van der Waals surface area contributed by atoms with Gasteiger partial charge in [0.2, 0.25) is 0 Å². The average molecular weight is 405 g/mol. The summed E-state index contributed by atoms with van der Waals surface area (Å²) in [5.41, 5.74) is 0.458. The van der Waals surface area contributed by atoms with Crippen molar-refractivity contribution in [3.8, 4) is 0 Å². The Balaban J connectivity index is 1.59. The lowest BCUT2D eigenvalue weighted by Gasteiger charge is -2.32. The standard InChI is InChI=1S/C20H25ClN4O3/c1-28-12-11-24-20(27)25(15-8-9-15)18(22-24)14-5-4-10-23(13-14)19(26)16-6-2-3-7-17(16)21/h2-3,6-7,14-15H,4-5,8-13H2,1H3. The van der Waals surface area contributed by atoms with Gasteiger partial charge in [-0.1, -0.05) is 23.7 Å². The molecule has 0 radical (unpaired) electrons. The second-order valence-corrected chi connectivity index (χ2v) is 7.94. The van der Waals surface area contributed by atoms with Crippen LogP contribution in [-0.4, -0.2) is 52.0 Å². The minimum Gasteiger partial charge on any atom is -0.383 e. The van der Waals surface area contributed by atoms with Gasteiger partial charge in [-0.15, -0.1) is 0 Å². The first-order valence-electron chi connectivity index (χ1n) is 9.82. The van der Waals surface area contributed by atoms with Gasteiger partial charge in [0.05, 0.1) is 23.7 Å². The monoisotopic (exact) mass is 404 g/mol. The van der Waals surface area contributed by atoms with Gasteiger partial charge in [-0.2, -0.15) is 5.10 Å². The van der Waals surface area contributed by atoms with E-state index in [1.54, 1.807) is 19.2 Å². The summed E-state index contributed by atoms with van der Waals surface area (Å²) < 4.78 is 8.46. The number of benzene rings is 1. The first-order chi connectivity index (χ1) is 13.6. The van der Waals surface area contributed by atoms with Crippen molar-refractivity contribution < 1.29 is 9.53 Å². The average Bonchev–Trinajstić information content (AvgIpc) is 3.50. The van der Waals surface area contributed by atoms with Crippen LogP contribution in [0.4, 0.5) is 0 Å². The lowest BCUT2D eigenvalue weighted by Crippen LogP contribution is -2.40. The quantitative estimate of drug-likeness (QED) is 0.742. The molecule has 0 spiro atoms. The van der Waals surface area contributed by atoms with Crippen molar-refractivity contribution in [2.45, 2.75) is 44.2 Å². The van der Waals surface area contributed by atoms with Crippen LogP contribution >= 0.6 is 11.6 Å². The summed E-state index contributed by atoms with van der Waals surface area (Å²) in [4.78, 5) is 27.6. The summed E-state index contributed by atoms with van der Waals surface area (Å²) in [6.45, 7) is 2.13. The van der Waals surface area contributed by atoms with Gasteiger partial charge in [-0.25, -0.2) is 9.48 Å². The third-order valence-corrected chi connectivity index (χ3v) is 5.82. The van der Waals surface area contributed by atoms with E-state index in [1.165, 1.54) is 4.68 Å². The number of methoxy groups -OCH3 is 1. The number of halogens is 1. The highest BCUT2D eigenvalue weighted by Crippen LogP contribution is 2.37. The number of hydrogen-bond donors (Lipinski definition) is 0. The molecule has 150 valence electrons. The SMILES string of the molecule is COCCn1nc(C2CCCN(C(=O)c3ccccc3Cl)C2)n(C2CC2)c1=O. The van der Waals surface area contributed by atoms with E-state index >= 15 is 0 Å². The van der Waals surface area contributed by atoms with E-state index in [1.807, 2.05) is 21.6 Å². The number of rotatable bonds is 6. The highest BCUT2D eigenvalue weighted by molar-refractivity contribution is 6.33. The molecule has 8 heteroatoms. The normalized spacial score (nSPS) is 19.8. The number of carbonyl (C=O) groups excluding carboxylic acids is 1. The van der Waals surface area contributed by atoms with Crippen LogP contribution in [-0.2, 0) is 11.3 Å². The number of nitrogens with zero attached hydrogens (tertiary/aromatic N) is 4. The molecule has 28 heavy (non-hydrogen) atoms. The Morgan fingerprint density at radius 2 is 2.07 bits per heavy atom. The largest absolute Gasteiger partial charge is 0.383 e. The van der Waals surface area contributed by atoms with Gasteiger partial charge < -0.3 is 9.64 Å². The Morgan fingerprint density at radius 3 is 2.79 bits per heavy atom. The van der Waals surface area contributed by atoms with E-state index in [4.69, 9.17) is 16.3 Å². The van der Waals surface area contributed by atoms with Crippen LogP contribution in [0.1, 0.15) is 53.8 Å². The minimum atomic E-state index is -0.0656. The number of hydrogen-bond acceptors (Lipinski definition) is 4. The molecule has 7 nitrogen and oxygen atoms in total. The minimum absolute atomic E-state index is 0.0530. The third-order valence-electron chi connectivity index (χ3n) is 5.49. The molecule has 0 N–H and O–H groups in total. The number of ether oxygens (including phenoxy) is 1. The molecule has 1 aromatic carbocycles. The van der Waals surface area contributed by atoms with Gasteiger partial charge in [0.1, 0.15) is 5.82 Å². The van der Waals surface area contributed by atoms with Crippen LogP contribution in [0.15, 0.2) is 29.1 Å². The van der Waals surface area contributed by atoms with Gasteiger partial charge in [0.15, 0.2) is 0 Å². The fraction of sp³-hybridized carbons (Fsp3) is 0.550. The fourth-order valence-electron chi connectivity index (χ4n) is 3.89. The first kappa shape index (κ1) is 19.2. The molecular formula is C20H25ClN4O3. The summed E-state index contributed by atoms with van der Waals surface area (Å²) in [5.74, 6) is 0.798. The van der Waals surface area contributed by atoms with Crippen LogP contribution < -0.4 is 5.69 Å². The van der Waals surface area contributed by atoms with Crippen molar-refractivity contribution in [3.63, 3.8) is 0 Å². The molecule has 1 atom stereocenters. The maximum Gasteiger partial charge on any atom is 0.346 e. The molecule has 1 unspecified atom stereocenters. The second kappa shape index (κ2) is 8.09. The van der Waals surface area contributed by atoms with Crippen molar-refractivity contribution >= 4 is 17.5 Å². The summed E-state index contributed by atoms with van der Waals surface area (Å²) >= 11 is 6.22. The topological polar surface area (TPSA) is 69.4 Å². The van der Waals surface area contributed by atoms with E-state index in [2.05, 4.69) is 5.10 Å². The summed E-state index contributed by atoms with van der Waals surface area (Å²) in [6, 6.07) is 7.38. The fourth-order valence-corrected chi connectivity index (χ4v) is 4.11. The number of aromatic nitrogens is 3. The molecule has 0 bridgehead atoms. The molecule has 1 aliphatic carbocycles. The van der Waals surface area contributed by atoms with Gasteiger partial charge in [-0.05, 0) is 37.8 Å². The molecule has 1 aromatic heterocycles. The number of piperidine rings is 1. The van der Waals surface area contributed by atoms with Crippen LogP contribution in [0.5, 0.6) is 0 Å². The predicted molar refractivity (Wildman–Crippen MR) is 106 cm³/mol. The van der Waals surface area contributed by atoms with Crippen LogP contribution in [0, 0.1) is 0 Å². The van der Waals surface area contributed by atoms with Gasteiger partial charge >= 0.3 is 5.69 Å². The molecule has 2 aromatic rings. The highest BCUT2D eigenvalue weighted by atomic mass is 35.5. The van der Waals surface area contributed by atoms with Crippen molar-refractivity contribution in [2.75, 3.05) is 26.8 Å². The molecule has 1 aliphatic heterocycles. The summed E-state index contributed by atoms with van der Waals surface area (Å²) in [7, 11) is 1.61. The maximum absolute atomic E-state index is 13.0. The van der Waals surface area contributed by atoms with E-state index < -0.39 is 0 Å². The number of amides is 1. The smallest absolute Gasteiger partial charge is 0.346 e. The van der Waals surface area contributed by atoms with Crippen LogP contribution in [0.25, 0.3) is 0 Å². The highest BCUT2D eigenvalue weighted by Gasteiger charge is 2.35. The van der Waals surface area contributed by atoms with Crippen molar-refractivity contribution in [1.82, 2.24) is 19.2 Å². The lowest BCUT2D eigenvalue weighted by molar-refractivity contribution is 0.0703. The predicted octanol–water partition coefficient (Wildman–Crippen LogP) is 2.70. The third kappa shape index (κ3) is 3.73. The molecule has 4 rings (SSSR count). The van der Waals surface area contributed by atoms with Gasteiger partial charge in [-0.3, -0.25) is 9.36 Å². The van der Waals surface area contributed by atoms with Crippen molar-refractivity contribution in [2.24, 2.45) is 0 Å². The molecule has 2 aliphatic rings. The Hall–Kier alpha value is -2.12. The molecule has 1 saturated carbocycles. The first-order valence-corrected chi connectivity index (χ1v) is 10.2. The molecule has 1 saturated heterocycles. The molecule has 2 fully saturated rings. The summed E-state index contributed by atoms with van der Waals surface area (Å²) in [6.07, 6.45) is 3.82.